The van der Waals surface area contributed by atoms with Crippen molar-refractivity contribution in [3.63, 3.8) is 0 Å². The summed E-state index contributed by atoms with van der Waals surface area (Å²) in [6.45, 7) is 0. The zero-order valence-corrected chi connectivity index (χ0v) is 12.2. The molecule has 2 heterocycles. The normalized spacial score (nSPS) is 10.7. The monoisotopic (exact) mass is 355 g/mol. The van der Waals surface area contributed by atoms with Crippen LogP contribution in [0.2, 0.25) is 0 Å². The summed E-state index contributed by atoms with van der Waals surface area (Å²) < 4.78 is 50.3. The lowest BCUT2D eigenvalue weighted by Gasteiger charge is -1.94. The molecule has 10 heteroatoms. The Hall–Kier alpha value is -3.30. The third-order valence-electron chi connectivity index (χ3n) is 2.65. The van der Waals surface area contributed by atoms with E-state index in [2.05, 4.69) is 15.2 Å². The number of hydrogen-bond donors (Lipinski definition) is 1. The topological polar surface area (TPSA) is 89.1 Å². The molecule has 0 saturated carbocycles. The van der Waals surface area contributed by atoms with Gasteiger partial charge in [-0.1, -0.05) is 6.07 Å². The van der Waals surface area contributed by atoms with Gasteiger partial charge in [-0.15, -0.1) is 10.2 Å². The molecule has 1 aromatic carbocycles. The van der Waals surface area contributed by atoms with Crippen LogP contribution in [0.5, 0.6) is 0 Å². The van der Waals surface area contributed by atoms with Gasteiger partial charge in [0.15, 0.2) is 0 Å². The van der Waals surface area contributed by atoms with Crippen LogP contribution in [0, 0.1) is 5.82 Å². The largest absolute Gasteiger partial charge is 0.490 e. The standard InChI is InChI=1S/C13H8FN3O.C2HF3O2/c14-11-5-1-3-9(7-11)12-16-17-13(18-12)10-4-2-6-15-8-10;3-2(4,5)1(6)7/h1-8H;(H,6,7). The molecule has 0 fully saturated rings. The highest BCUT2D eigenvalue weighted by Crippen LogP contribution is 2.23. The Morgan fingerprint density at radius 1 is 1.04 bits per heavy atom. The van der Waals surface area contributed by atoms with Gasteiger partial charge in [-0.3, -0.25) is 4.98 Å². The fourth-order valence-corrected chi connectivity index (χ4v) is 1.57. The lowest BCUT2D eigenvalue weighted by atomic mass is 10.2. The molecule has 0 spiro atoms. The van der Waals surface area contributed by atoms with E-state index in [4.69, 9.17) is 14.3 Å². The number of benzene rings is 1. The highest BCUT2D eigenvalue weighted by Gasteiger charge is 2.38. The van der Waals surface area contributed by atoms with Crippen LogP contribution in [0.1, 0.15) is 0 Å². The van der Waals surface area contributed by atoms with E-state index in [1.54, 1.807) is 30.6 Å². The Morgan fingerprint density at radius 3 is 2.16 bits per heavy atom. The van der Waals surface area contributed by atoms with Crippen LogP contribution in [-0.4, -0.2) is 32.4 Å². The van der Waals surface area contributed by atoms with Gasteiger partial charge in [0.2, 0.25) is 11.8 Å². The Labute approximate surface area is 137 Å². The van der Waals surface area contributed by atoms with Crippen LogP contribution in [-0.2, 0) is 4.79 Å². The first kappa shape index (κ1) is 18.0. The first-order valence-electron chi connectivity index (χ1n) is 6.57. The molecule has 0 aliphatic carbocycles. The fourth-order valence-electron chi connectivity index (χ4n) is 1.57. The molecule has 0 unspecified atom stereocenters. The van der Waals surface area contributed by atoms with Crippen LogP contribution in [0.4, 0.5) is 17.6 Å². The lowest BCUT2D eigenvalue weighted by Crippen LogP contribution is -2.21. The molecule has 6 nitrogen and oxygen atoms in total. The molecule has 0 radical (unpaired) electrons. The van der Waals surface area contributed by atoms with Gasteiger partial charge in [0.25, 0.3) is 0 Å². The predicted molar refractivity (Wildman–Crippen MR) is 76.6 cm³/mol. The SMILES string of the molecule is Fc1cccc(-c2nnc(-c3cccnc3)o2)c1.O=C(O)C(F)(F)F. The van der Waals surface area contributed by atoms with Crippen molar-refractivity contribution in [1.29, 1.82) is 0 Å². The summed E-state index contributed by atoms with van der Waals surface area (Å²) in [6, 6.07) is 9.61. The van der Waals surface area contributed by atoms with Crippen molar-refractivity contribution in [2.45, 2.75) is 6.18 Å². The molecule has 1 N–H and O–H groups in total. The van der Waals surface area contributed by atoms with E-state index in [0.717, 1.165) is 5.56 Å². The van der Waals surface area contributed by atoms with E-state index in [9.17, 15) is 17.6 Å². The number of aromatic nitrogens is 3. The average molecular weight is 355 g/mol. The van der Waals surface area contributed by atoms with Gasteiger partial charge in [-0.2, -0.15) is 13.2 Å². The highest BCUT2D eigenvalue weighted by atomic mass is 19.4. The summed E-state index contributed by atoms with van der Waals surface area (Å²) in [6.07, 6.45) is -1.80. The van der Waals surface area contributed by atoms with Gasteiger partial charge in [-0.05, 0) is 30.3 Å². The Balaban J connectivity index is 0.000000277. The lowest BCUT2D eigenvalue weighted by molar-refractivity contribution is -0.192. The molecular formula is C15H9F4N3O3. The Kier molecular flexibility index (Phi) is 5.42. The summed E-state index contributed by atoms with van der Waals surface area (Å²) in [7, 11) is 0. The molecule has 130 valence electrons. The minimum atomic E-state index is -5.08. The van der Waals surface area contributed by atoms with Crippen LogP contribution in [0.25, 0.3) is 22.9 Å². The number of pyridine rings is 1. The maximum absolute atomic E-state index is 13.1. The minimum Gasteiger partial charge on any atom is -0.475 e. The second-order valence-corrected chi connectivity index (χ2v) is 4.47. The van der Waals surface area contributed by atoms with E-state index in [1.807, 2.05) is 6.07 Å². The molecule has 0 atom stereocenters. The van der Waals surface area contributed by atoms with Crippen molar-refractivity contribution >= 4 is 5.97 Å². The summed E-state index contributed by atoms with van der Waals surface area (Å²) in [5, 5.41) is 14.9. The maximum atomic E-state index is 13.1. The van der Waals surface area contributed by atoms with E-state index in [1.165, 1.54) is 12.1 Å². The molecule has 0 aliphatic rings. The maximum Gasteiger partial charge on any atom is 0.490 e. The molecule has 0 saturated heterocycles. The molecule has 3 rings (SSSR count). The van der Waals surface area contributed by atoms with Crippen LogP contribution >= 0.6 is 0 Å². The van der Waals surface area contributed by atoms with Crippen molar-refractivity contribution in [1.82, 2.24) is 15.2 Å². The molecule has 0 amide bonds. The number of halogens is 4. The van der Waals surface area contributed by atoms with Gasteiger partial charge < -0.3 is 9.52 Å². The van der Waals surface area contributed by atoms with Gasteiger partial charge in [-0.25, -0.2) is 9.18 Å². The summed E-state index contributed by atoms with van der Waals surface area (Å²) in [4.78, 5) is 12.9. The van der Waals surface area contributed by atoms with Crippen molar-refractivity contribution in [3.8, 4) is 22.9 Å². The van der Waals surface area contributed by atoms with Gasteiger partial charge in [0.05, 0.1) is 5.56 Å². The van der Waals surface area contributed by atoms with E-state index in [0.29, 0.717) is 11.5 Å². The minimum absolute atomic E-state index is 0.286. The van der Waals surface area contributed by atoms with Crippen molar-refractivity contribution in [2.75, 3.05) is 0 Å². The number of carboxylic acids is 1. The number of carbonyl (C=O) groups is 1. The first-order chi connectivity index (χ1) is 11.8. The van der Waals surface area contributed by atoms with Gasteiger partial charge in [0, 0.05) is 18.0 Å². The zero-order chi connectivity index (χ0) is 18.4. The molecular weight excluding hydrogens is 346 g/mol. The van der Waals surface area contributed by atoms with Crippen molar-refractivity contribution < 1.29 is 31.9 Å². The number of alkyl halides is 3. The third-order valence-corrected chi connectivity index (χ3v) is 2.65. The number of aliphatic carboxylic acids is 1. The summed E-state index contributed by atoms with van der Waals surface area (Å²) in [5.74, 6) is -2.45. The number of hydrogen-bond acceptors (Lipinski definition) is 5. The van der Waals surface area contributed by atoms with Crippen molar-refractivity contribution in [3.05, 3.63) is 54.6 Å². The van der Waals surface area contributed by atoms with Crippen LogP contribution in [0.15, 0.2) is 53.2 Å². The third kappa shape index (κ3) is 5.09. The average Bonchev–Trinajstić information content (AvgIpc) is 3.05. The number of nitrogens with zero attached hydrogens (tertiary/aromatic N) is 3. The van der Waals surface area contributed by atoms with Crippen LogP contribution in [0.3, 0.4) is 0 Å². The quantitative estimate of drug-likeness (QED) is 0.707. The second kappa shape index (κ2) is 7.51. The highest BCUT2D eigenvalue weighted by molar-refractivity contribution is 5.73. The number of carboxylic acid groups (broad SMARTS) is 1. The molecule has 25 heavy (non-hydrogen) atoms. The molecule has 2 aromatic heterocycles. The second-order valence-electron chi connectivity index (χ2n) is 4.47. The summed E-state index contributed by atoms with van der Waals surface area (Å²) in [5.41, 5.74) is 1.28. The predicted octanol–water partition coefficient (Wildman–Crippen LogP) is 3.57. The van der Waals surface area contributed by atoms with E-state index < -0.39 is 12.1 Å². The van der Waals surface area contributed by atoms with Gasteiger partial charge >= 0.3 is 12.1 Å². The first-order valence-corrected chi connectivity index (χ1v) is 6.57. The smallest absolute Gasteiger partial charge is 0.475 e. The van der Waals surface area contributed by atoms with Gasteiger partial charge in [0.1, 0.15) is 5.82 Å². The number of rotatable bonds is 2. The summed E-state index contributed by atoms with van der Waals surface area (Å²) >= 11 is 0. The molecule has 0 aliphatic heterocycles. The van der Waals surface area contributed by atoms with E-state index >= 15 is 0 Å². The van der Waals surface area contributed by atoms with Crippen molar-refractivity contribution in [2.24, 2.45) is 0 Å². The van der Waals surface area contributed by atoms with Crippen LogP contribution < -0.4 is 0 Å². The molecule has 0 bridgehead atoms. The van der Waals surface area contributed by atoms with E-state index in [-0.39, 0.29) is 11.7 Å². The molecule has 3 aromatic rings. The fraction of sp³-hybridized carbons (Fsp3) is 0.0667. The Bertz CT molecular complexity index is 850. The zero-order valence-electron chi connectivity index (χ0n) is 12.2. The Morgan fingerprint density at radius 2 is 1.64 bits per heavy atom.